The summed E-state index contributed by atoms with van der Waals surface area (Å²) >= 11 is 0. The summed E-state index contributed by atoms with van der Waals surface area (Å²) in [4.78, 5) is 13.2. The predicted molar refractivity (Wildman–Crippen MR) is 198 cm³/mol. The summed E-state index contributed by atoms with van der Waals surface area (Å²) < 4.78 is 2.43. The Morgan fingerprint density at radius 3 is 2.40 bits per heavy atom. The summed E-state index contributed by atoms with van der Waals surface area (Å²) in [6, 6.07) is 39.5. The van der Waals surface area contributed by atoms with Gasteiger partial charge in [-0.3, -0.25) is 5.32 Å². The molecule has 10 rings (SSSR count). The summed E-state index contributed by atoms with van der Waals surface area (Å²) in [5.74, 6) is 1.93. The van der Waals surface area contributed by atoms with Crippen molar-refractivity contribution in [1.82, 2.24) is 4.57 Å². The number of anilines is 1. The number of fused-ring (bicyclic) bond motifs is 8. The first kappa shape index (κ1) is 27.3. The van der Waals surface area contributed by atoms with Crippen molar-refractivity contribution in [1.29, 1.82) is 0 Å². The minimum atomic E-state index is -0.0965. The van der Waals surface area contributed by atoms with Crippen LogP contribution in [0.3, 0.4) is 0 Å². The van der Waals surface area contributed by atoms with Crippen LogP contribution in [0.15, 0.2) is 167 Å². The molecule has 0 spiro atoms. The predicted octanol–water partition coefficient (Wildman–Crippen LogP) is 8.32. The summed E-state index contributed by atoms with van der Waals surface area (Å²) in [6.07, 6.45) is 17.9. The van der Waals surface area contributed by atoms with Gasteiger partial charge in [0.05, 0.1) is 28.3 Å². The van der Waals surface area contributed by atoms with E-state index in [0.29, 0.717) is 0 Å². The van der Waals surface area contributed by atoms with Crippen LogP contribution in [0.1, 0.15) is 29.9 Å². The maximum Gasteiger partial charge on any atom is 0.236 e. The lowest BCUT2D eigenvalue weighted by atomic mass is 9.90. The molecule has 0 amide bonds. The smallest absolute Gasteiger partial charge is 0.236 e. The van der Waals surface area contributed by atoms with Crippen molar-refractivity contribution >= 4 is 50.1 Å². The molecule has 2 N–H and O–H groups in total. The SMILES string of the molecule is C1=CC2c3cc4c5c6ccccc6ccc5n(-c5ccccc5)c4cc3N(C3=NC(C4=CCCC=C4)[NH2+]C(c4ccccc4)=N3)C2C=C1. The van der Waals surface area contributed by atoms with Crippen LogP contribution < -0.4 is 10.2 Å². The molecule has 6 aromatic rings. The number of nitrogens with zero attached hydrogens (tertiary/aromatic N) is 4. The van der Waals surface area contributed by atoms with Gasteiger partial charge in [-0.15, -0.1) is 0 Å². The van der Waals surface area contributed by atoms with E-state index in [1.165, 1.54) is 49.4 Å². The molecule has 0 saturated carbocycles. The molecule has 2 aliphatic heterocycles. The Kier molecular flexibility index (Phi) is 6.21. The molecule has 4 aliphatic rings. The van der Waals surface area contributed by atoms with Gasteiger partial charge < -0.3 is 9.47 Å². The molecule has 3 heterocycles. The van der Waals surface area contributed by atoms with E-state index in [1.54, 1.807) is 0 Å². The van der Waals surface area contributed by atoms with Gasteiger partial charge in [-0.05, 0) is 71.6 Å². The summed E-state index contributed by atoms with van der Waals surface area (Å²) in [7, 11) is 0. The van der Waals surface area contributed by atoms with Crippen molar-refractivity contribution in [2.75, 3.05) is 4.90 Å². The third kappa shape index (κ3) is 4.21. The minimum absolute atomic E-state index is 0.0823. The normalized spacial score (nSPS) is 21.4. The van der Waals surface area contributed by atoms with E-state index in [-0.39, 0.29) is 18.1 Å². The Hall–Kier alpha value is -5.78. The van der Waals surface area contributed by atoms with Crippen LogP contribution >= 0.6 is 0 Å². The van der Waals surface area contributed by atoms with Crippen molar-refractivity contribution in [3.8, 4) is 5.69 Å². The lowest BCUT2D eigenvalue weighted by molar-refractivity contribution is -0.569. The van der Waals surface area contributed by atoms with E-state index in [9.17, 15) is 0 Å². The molecule has 5 heteroatoms. The highest BCUT2D eigenvalue weighted by Crippen LogP contribution is 2.48. The van der Waals surface area contributed by atoms with E-state index in [1.807, 2.05) is 0 Å². The number of amidine groups is 1. The largest absolute Gasteiger partial charge is 0.309 e. The fourth-order valence-electron chi connectivity index (χ4n) is 8.10. The molecular weight excluding hydrogens is 587 g/mol. The Bertz CT molecular complexity index is 2440. The van der Waals surface area contributed by atoms with Crippen LogP contribution in [-0.4, -0.2) is 28.6 Å². The van der Waals surface area contributed by atoms with Gasteiger partial charge >= 0.3 is 0 Å². The number of hydrogen-bond acceptors (Lipinski definition) is 3. The molecule has 230 valence electrons. The number of quaternary nitrogens is 1. The minimum Gasteiger partial charge on any atom is -0.309 e. The maximum atomic E-state index is 5.41. The highest BCUT2D eigenvalue weighted by atomic mass is 15.4. The van der Waals surface area contributed by atoms with Crippen molar-refractivity contribution in [2.24, 2.45) is 9.98 Å². The van der Waals surface area contributed by atoms with Crippen LogP contribution in [0, 0.1) is 0 Å². The zero-order valence-corrected chi connectivity index (χ0v) is 26.4. The summed E-state index contributed by atoms with van der Waals surface area (Å²) in [5.41, 5.74) is 8.38. The van der Waals surface area contributed by atoms with E-state index in [2.05, 4.69) is 167 Å². The van der Waals surface area contributed by atoms with Gasteiger partial charge in [0.2, 0.25) is 18.0 Å². The average Bonchev–Trinajstić information content (AvgIpc) is 3.67. The molecule has 0 bridgehead atoms. The molecule has 3 atom stereocenters. The summed E-state index contributed by atoms with van der Waals surface area (Å²) in [6.45, 7) is 0. The molecule has 5 aromatic carbocycles. The molecule has 0 saturated heterocycles. The maximum absolute atomic E-state index is 5.41. The molecule has 0 fully saturated rings. The Labute approximate surface area is 279 Å². The van der Waals surface area contributed by atoms with Crippen LogP contribution in [0.5, 0.6) is 0 Å². The molecular formula is C43H34N5+. The third-order valence-corrected chi connectivity index (χ3v) is 10.3. The number of guanidine groups is 1. The average molecular weight is 621 g/mol. The van der Waals surface area contributed by atoms with Crippen LogP contribution in [0.25, 0.3) is 38.3 Å². The number of nitrogens with two attached hydrogens (primary N) is 1. The number of rotatable bonds is 3. The van der Waals surface area contributed by atoms with Crippen molar-refractivity contribution in [2.45, 2.75) is 31.0 Å². The molecule has 5 nitrogen and oxygen atoms in total. The second kappa shape index (κ2) is 10.9. The van der Waals surface area contributed by atoms with E-state index in [4.69, 9.17) is 9.98 Å². The summed E-state index contributed by atoms with van der Waals surface area (Å²) in [5, 5.41) is 7.33. The van der Waals surface area contributed by atoms with Gasteiger partial charge in [0.1, 0.15) is 0 Å². The Morgan fingerprint density at radius 1 is 0.729 bits per heavy atom. The fraction of sp³-hybridized carbons (Fsp3) is 0.116. The van der Waals surface area contributed by atoms with Gasteiger partial charge in [-0.2, -0.15) is 9.98 Å². The lowest BCUT2D eigenvalue weighted by Gasteiger charge is -2.30. The van der Waals surface area contributed by atoms with Gasteiger partial charge in [0.25, 0.3) is 0 Å². The molecule has 3 unspecified atom stereocenters. The number of hydrogen-bond donors (Lipinski definition) is 1. The number of aliphatic imine (C=N–C) groups is 2. The van der Waals surface area contributed by atoms with Crippen LogP contribution in [-0.2, 0) is 0 Å². The van der Waals surface area contributed by atoms with Crippen LogP contribution in [0.2, 0.25) is 0 Å². The lowest BCUT2D eigenvalue weighted by Crippen LogP contribution is -2.94. The number of benzene rings is 5. The fourth-order valence-corrected chi connectivity index (χ4v) is 8.10. The number of allylic oxidation sites excluding steroid dienone is 4. The highest BCUT2D eigenvalue weighted by molar-refractivity contribution is 6.22. The van der Waals surface area contributed by atoms with Crippen molar-refractivity contribution < 1.29 is 5.32 Å². The van der Waals surface area contributed by atoms with Gasteiger partial charge in [-0.25, -0.2) is 0 Å². The second-order valence-corrected chi connectivity index (χ2v) is 13.0. The monoisotopic (exact) mass is 620 g/mol. The van der Waals surface area contributed by atoms with E-state index in [0.717, 1.165) is 35.9 Å². The third-order valence-electron chi connectivity index (χ3n) is 10.3. The Morgan fingerprint density at radius 2 is 1.54 bits per heavy atom. The first-order valence-electron chi connectivity index (χ1n) is 16.9. The zero-order chi connectivity index (χ0) is 31.6. The van der Waals surface area contributed by atoms with Crippen molar-refractivity contribution in [3.63, 3.8) is 0 Å². The first-order chi connectivity index (χ1) is 23.8. The van der Waals surface area contributed by atoms with Crippen LogP contribution in [0.4, 0.5) is 5.69 Å². The number of aromatic nitrogens is 1. The topological polar surface area (TPSA) is 49.5 Å². The Balaban J connectivity index is 1.24. The van der Waals surface area contributed by atoms with E-state index < -0.39 is 0 Å². The number of para-hydroxylation sites is 1. The molecule has 48 heavy (non-hydrogen) atoms. The van der Waals surface area contributed by atoms with E-state index >= 15 is 0 Å². The molecule has 2 aliphatic carbocycles. The quantitative estimate of drug-likeness (QED) is 0.213. The van der Waals surface area contributed by atoms with Gasteiger partial charge in [-0.1, -0.05) is 109 Å². The zero-order valence-electron chi connectivity index (χ0n) is 26.4. The van der Waals surface area contributed by atoms with Gasteiger partial charge in [0.15, 0.2) is 0 Å². The molecule has 1 aromatic heterocycles. The highest BCUT2D eigenvalue weighted by Gasteiger charge is 2.42. The van der Waals surface area contributed by atoms with Crippen molar-refractivity contribution in [3.05, 3.63) is 168 Å². The standard InChI is InChI=1S/C43H33N5/c1-4-15-29(16-5-1)41-44-42(30-17-6-2-7-18-30)46-43(45-41)48-36-23-13-12-22-33(36)34-26-35-39(27-38(34)48)47(31-19-8-3-9-20-31)37-25-24-28-14-10-11-21-32(28)40(35)37/h1,3-6,8-27,33,36,42H,2,7H2,(H,44,45,46)/p+1. The van der Waals surface area contributed by atoms with Gasteiger partial charge in [0, 0.05) is 28.0 Å². The second-order valence-electron chi connectivity index (χ2n) is 13.0. The first-order valence-corrected chi connectivity index (χ1v) is 16.9. The molecule has 0 radical (unpaired) electrons.